The molecule has 0 unspecified atom stereocenters. The molecule has 0 saturated carbocycles. The Labute approximate surface area is 240 Å². The van der Waals surface area contributed by atoms with E-state index < -0.39 is 52.8 Å². The Kier molecular flexibility index (Phi) is 7.77. The van der Waals surface area contributed by atoms with Crippen molar-refractivity contribution in [3.05, 3.63) is 82.4 Å². The second-order valence-electron chi connectivity index (χ2n) is 9.97. The Morgan fingerprint density at radius 1 is 1.09 bits per heavy atom. The number of methoxy groups -OCH3 is 1. The minimum absolute atomic E-state index is 0.0315. The lowest BCUT2D eigenvalue weighted by molar-refractivity contribution is -0.143. The first-order chi connectivity index (χ1) is 20.3. The molecule has 1 atom stereocenters. The van der Waals surface area contributed by atoms with Crippen molar-refractivity contribution in [2.45, 2.75) is 25.7 Å². The van der Waals surface area contributed by atoms with Gasteiger partial charge in [0.05, 0.1) is 19.0 Å². The maximum absolute atomic E-state index is 14.3. The van der Waals surface area contributed by atoms with Crippen LogP contribution in [0.1, 0.15) is 27.2 Å². The van der Waals surface area contributed by atoms with Crippen LogP contribution in [-0.2, 0) is 17.5 Å². The SMILES string of the molecule is COc1ccc(-c2nc3c(C(=O)N4CCN(Cc5cc(F)cc(F)c5F)C[C@H]4C(N)=O)cnn3c(C(F)(F)F)c2C)cc1. The van der Waals surface area contributed by atoms with Crippen LogP contribution in [0.5, 0.6) is 5.75 Å². The fraction of sp³-hybridized carbons (Fsp3) is 0.286. The number of aromatic nitrogens is 3. The van der Waals surface area contributed by atoms with Crippen LogP contribution in [-0.4, -0.2) is 69.0 Å². The highest BCUT2D eigenvalue weighted by Crippen LogP contribution is 2.37. The molecule has 9 nitrogen and oxygen atoms in total. The molecule has 2 aromatic carbocycles. The molecular weight excluding hydrogens is 582 g/mol. The van der Waals surface area contributed by atoms with Gasteiger partial charge in [-0.1, -0.05) is 0 Å². The van der Waals surface area contributed by atoms with Crippen LogP contribution >= 0.6 is 0 Å². The molecule has 1 fully saturated rings. The molecule has 5 rings (SSSR count). The topological polar surface area (TPSA) is 106 Å². The molecule has 1 aliphatic heterocycles. The molecule has 226 valence electrons. The normalized spacial score (nSPS) is 16.1. The van der Waals surface area contributed by atoms with Crippen LogP contribution in [0.3, 0.4) is 0 Å². The number of hydrogen-bond donors (Lipinski definition) is 1. The number of fused-ring (bicyclic) bond motifs is 1. The summed E-state index contributed by atoms with van der Waals surface area (Å²) < 4.78 is 90.1. The molecule has 4 aromatic rings. The van der Waals surface area contributed by atoms with Crippen molar-refractivity contribution in [1.29, 1.82) is 0 Å². The van der Waals surface area contributed by atoms with Crippen molar-refractivity contribution in [2.75, 3.05) is 26.7 Å². The van der Waals surface area contributed by atoms with Crippen molar-refractivity contribution < 1.29 is 40.7 Å². The standard InChI is InChI=1S/C28H24F6N6O3/c1-14-23(15-3-5-18(43-2)6-4-15)37-26-19(11-36-40(26)24(14)28(32,33)34)27(42)39-8-7-38(13-21(39)25(35)41)12-16-9-17(29)10-20(30)22(16)31/h3-6,9-11,21H,7-8,12-13H2,1-2H3,(H2,35,41)/t21-/m0/s1. The minimum Gasteiger partial charge on any atom is -0.497 e. The van der Waals surface area contributed by atoms with E-state index in [9.17, 15) is 35.9 Å². The van der Waals surface area contributed by atoms with Crippen LogP contribution in [0.25, 0.3) is 16.9 Å². The number of nitrogens with zero attached hydrogens (tertiary/aromatic N) is 5. The first kappa shape index (κ1) is 29.8. The zero-order valence-electron chi connectivity index (χ0n) is 22.8. The number of carbonyl (C=O) groups is 2. The van der Waals surface area contributed by atoms with Gasteiger partial charge in [0.1, 0.15) is 23.2 Å². The van der Waals surface area contributed by atoms with Crippen molar-refractivity contribution in [1.82, 2.24) is 24.4 Å². The number of hydrogen-bond acceptors (Lipinski definition) is 6. The van der Waals surface area contributed by atoms with Gasteiger partial charge < -0.3 is 15.4 Å². The van der Waals surface area contributed by atoms with E-state index in [0.29, 0.717) is 21.9 Å². The van der Waals surface area contributed by atoms with Crippen molar-refractivity contribution in [3.63, 3.8) is 0 Å². The number of alkyl halides is 3. The molecule has 3 heterocycles. The zero-order valence-corrected chi connectivity index (χ0v) is 22.8. The Bertz CT molecular complexity index is 1720. The van der Waals surface area contributed by atoms with Crippen molar-refractivity contribution in [2.24, 2.45) is 5.73 Å². The number of ether oxygens (including phenoxy) is 1. The number of halogens is 6. The summed E-state index contributed by atoms with van der Waals surface area (Å²) in [6, 6.07) is 6.08. The molecule has 2 amide bonds. The Balaban J connectivity index is 1.51. The lowest BCUT2D eigenvalue weighted by atomic mass is 10.0. The number of benzene rings is 2. The summed E-state index contributed by atoms with van der Waals surface area (Å²) in [5.41, 5.74) is 3.50. The molecule has 43 heavy (non-hydrogen) atoms. The van der Waals surface area contributed by atoms with Gasteiger partial charge in [-0.3, -0.25) is 14.5 Å². The smallest absolute Gasteiger partial charge is 0.433 e. The maximum atomic E-state index is 14.3. The summed E-state index contributed by atoms with van der Waals surface area (Å²) >= 11 is 0. The number of primary amides is 1. The van der Waals surface area contributed by atoms with E-state index in [1.165, 1.54) is 31.1 Å². The van der Waals surface area contributed by atoms with Gasteiger partial charge in [0, 0.05) is 48.9 Å². The average Bonchev–Trinajstić information content (AvgIpc) is 3.37. The number of amides is 2. The van der Waals surface area contributed by atoms with Gasteiger partial charge in [-0.2, -0.15) is 18.3 Å². The van der Waals surface area contributed by atoms with Crippen molar-refractivity contribution >= 4 is 17.5 Å². The third-order valence-electron chi connectivity index (χ3n) is 7.26. The second kappa shape index (κ2) is 11.2. The maximum Gasteiger partial charge on any atom is 0.433 e. The summed E-state index contributed by atoms with van der Waals surface area (Å²) in [5, 5.41) is 3.82. The van der Waals surface area contributed by atoms with E-state index in [1.54, 1.807) is 12.1 Å². The monoisotopic (exact) mass is 606 g/mol. The number of carbonyl (C=O) groups excluding carboxylic acids is 2. The number of piperazine rings is 1. The van der Waals surface area contributed by atoms with Crippen LogP contribution < -0.4 is 10.5 Å². The number of nitrogens with two attached hydrogens (primary N) is 1. The average molecular weight is 607 g/mol. The van der Waals surface area contributed by atoms with Gasteiger partial charge >= 0.3 is 6.18 Å². The quantitative estimate of drug-likeness (QED) is 0.263. The van der Waals surface area contributed by atoms with Gasteiger partial charge in [0.15, 0.2) is 23.0 Å². The Hall–Kier alpha value is -4.66. The summed E-state index contributed by atoms with van der Waals surface area (Å²) in [6.07, 6.45) is -3.93. The highest BCUT2D eigenvalue weighted by molar-refractivity contribution is 6.02. The molecule has 15 heteroatoms. The van der Waals surface area contributed by atoms with Gasteiger partial charge in [-0.05, 0) is 37.3 Å². The molecule has 0 aliphatic carbocycles. The van der Waals surface area contributed by atoms with E-state index in [1.807, 2.05) is 0 Å². The van der Waals surface area contributed by atoms with Gasteiger partial charge in [-0.15, -0.1) is 0 Å². The summed E-state index contributed by atoms with van der Waals surface area (Å²) in [6.45, 7) is 0.600. The first-order valence-electron chi connectivity index (χ1n) is 12.9. The van der Waals surface area contributed by atoms with Crippen LogP contribution in [0.15, 0.2) is 42.6 Å². The fourth-order valence-electron chi connectivity index (χ4n) is 5.18. The minimum atomic E-state index is -4.87. The summed E-state index contributed by atoms with van der Waals surface area (Å²) in [7, 11) is 1.44. The predicted molar refractivity (Wildman–Crippen MR) is 140 cm³/mol. The molecule has 0 spiro atoms. The van der Waals surface area contributed by atoms with Gasteiger partial charge in [0.2, 0.25) is 5.91 Å². The highest BCUT2D eigenvalue weighted by atomic mass is 19.4. The lowest BCUT2D eigenvalue weighted by Crippen LogP contribution is -2.59. The zero-order chi connectivity index (χ0) is 31.2. The van der Waals surface area contributed by atoms with Crippen LogP contribution in [0.4, 0.5) is 26.3 Å². The van der Waals surface area contributed by atoms with Crippen LogP contribution in [0, 0.1) is 24.4 Å². The van der Waals surface area contributed by atoms with E-state index in [4.69, 9.17) is 10.5 Å². The van der Waals surface area contributed by atoms with E-state index in [2.05, 4.69) is 10.1 Å². The largest absolute Gasteiger partial charge is 0.497 e. The molecule has 1 aliphatic rings. The molecule has 2 aromatic heterocycles. The third kappa shape index (κ3) is 5.59. The molecule has 1 saturated heterocycles. The van der Waals surface area contributed by atoms with Gasteiger partial charge in [0.25, 0.3) is 5.91 Å². The number of rotatable bonds is 6. The second-order valence-corrected chi connectivity index (χ2v) is 9.97. The molecule has 0 radical (unpaired) electrons. The lowest BCUT2D eigenvalue weighted by Gasteiger charge is -2.39. The molecule has 2 N–H and O–H groups in total. The third-order valence-corrected chi connectivity index (χ3v) is 7.26. The van der Waals surface area contributed by atoms with E-state index in [0.717, 1.165) is 17.2 Å². The summed E-state index contributed by atoms with van der Waals surface area (Å²) in [4.78, 5) is 33.1. The fourth-order valence-corrected chi connectivity index (χ4v) is 5.18. The molecule has 0 bridgehead atoms. The summed E-state index contributed by atoms with van der Waals surface area (Å²) in [5.74, 6) is -4.95. The van der Waals surface area contributed by atoms with Crippen molar-refractivity contribution in [3.8, 4) is 17.0 Å². The Morgan fingerprint density at radius 3 is 2.42 bits per heavy atom. The Morgan fingerprint density at radius 2 is 1.79 bits per heavy atom. The predicted octanol–water partition coefficient (Wildman–Crippen LogP) is 3.96. The first-order valence-corrected chi connectivity index (χ1v) is 12.9. The van der Waals surface area contributed by atoms with Gasteiger partial charge in [-0.25, -0.2) is 22.7 Å². The van der Waals surface area contributed by atoms with Crippen LogP contribution in [0.2, 0.25) is 0 Å². The van der Waals surface area contributed by atoms with E-state index >= 15 is 0 Å². The molecular formula is C28H24F6N6O3. The highest BCUT2D eigenvalue weighted by Gasteiger charge is 2.40. The van der Waals surface area contributed by atoms with E-state index in [-0.39, 0.29) is 48.6 Å².